The van der Waals surface area contributed by atoms with Gasteiger partial charge in [-0.2, -0.15) is 13.2 Å². The van der Waals surface area contributed by atoms with Crippen LogP contribution in [0.1, 0.15) is 18.9 Å². The van der Waals surface area contributed by atoms with Crippen LogP contribution in [0.5, 0.6) is 0 Å². The van der Waals surface area contributed by atoms with E-state index in [9.17, 15) is 21.6 Å². The van der Waals surface area contributed by atoms with Crippen molar-refractivity contribution in [2.45, 2.75) is 19.5 Å². The summed E-state index contributed by atoms with van der Waals surface area (Å²) in [6, 6.07) is 11.7. The second kappa shape index (κ2) is 7.90. The smallest absolute Gasteiger partial charge is 0.333 e. The molecule has 0 aliphatic carbocycles. The maximum atomic E-state index is 13.0. The average Bonchev–Trinajstić information content (AvgIpc) is 3.03. The monoisotopic (exact) mass is 423 g/mol. The van der Waals surface area contributed by atoms with Gasteiger partial charge in [-0.25, -0.2) is 13.4 Å². The summed E-state index contributed by atoms with van der Waals surface area (Å²) < 4.78 is 67.2. The van der Waals surface area contributed by atoms with E-state index in [2.05, 4.69) is 9.71 Å². The van der Waals surface area contributed by atoms with E-state index in [4.69, 9.17) is 0 Å². The zero-order chi connectivity index (χ0) is 21.2. The Bertz CT molecular complexity index is 1120. The molecule has 1 aromatic heterocycles. The molecule has 0 spiro atoms. The van der Waals surface area contributed by atoms with Gasteiger partial charge in [0.25, 0.3) is 0 Å². The minimum atomic E-state index is -4.43. The molecule has 154 valence electrons. The van der Waals surface area contributed by atoms with Crippen LogP contribution in [0, 0.1) is 0 Å². The van der Waals surface area contributed by atoms with E-state index in [0.717, 1.165) is 12.1 Å². The fourth-order valence-electron chi connectivity index (χ4n) is 2.95. The van der Waals surface area contributed by atoms with Gasteiger partial charge in [-0.1, -0.05) is 31.2 Å². The van der Waals surface area contributed by atoms with Crippen molar-refractivity contribution in [2.24, 2.45) is 7.05 Å². The van der Waals surface area contributed by atoms with Crippen LogP contribution in [0.15, 0.2) is 54.7 Å². The number of aryl methyl sites for hydroxylation is 1. The first-order chi connectivity index (χ1) is 13.6. The number of rotatable bonds is 6. The minimum Gasteiger partial charge on any atom is -0.333 e. The standard InChI is InChI=1S/C20H20F3N3O2S/c1-3-10-29(27,28)25-17-9-5-7-15(12-17)19-24-18(13-26(19)2)14-6-4-8-16(11-14)20(21,22)23/h4-9,11-13,25H,3,10H2,1-2H3. The average molecular weight is 423 g/mol. The Morgan fingerprint density at radius 1 is 1.07 bits per heavy atom. The third kappa shape index (κ3) is 4.97. The van der Waals surface area contributed by atoms with Crippen molar-refractivity contribution in [1.82, 2.24) is 9.55 Å². The Kier molecular flexibility index (Phi) is 5.70. The van der Waals surface area contributed by atoms with Crippen LogP contribution in [0.2, 0.25) is 0 Å². The van der Waals surface area contributed by atoms with Crippen LogP contribution >= 0.6 is 0 Å². The van der Waals surface area contributed by atoms with Crippen LogP contribution in [0.4, 0.5) is 18.9 Å². The number of anilines is 1. The number of benzene rings is 2. The van der Waals surface area contributed by atoms with Crippen LogP contribution in [-0.2, 0) is 23.2 Å². The van der Waals surface area contributed by atoms with Gasteiger partial charge in [-0.15, -0.1) is 0 Å². The summed E-state index contributed by atoms with van der Waals surface area (Å²) >= 11 is 0. The molecule has 1 heterocycles. The molecule has 0 radical (unpaired) electrons. The zero-order valence-corrected chi connectivity index (χ0v) is 16.7. The number of hydrogen-bond donors (Lipinski definition) is 1. The number of sulfonamides is 1. The number of hydrogen-bond acceptors (Lipinski definition) is 3. The van der Waals surface area contributed by atoms with E-state index in [0.29, 0.717) is 34.8 Å². The van der Waals surface area contributed by atoms with Crippen LogP contribution < -0.4 is 4.72 Å². The van der Waals surface area contributed by atoms with Gasteiger partial charge in [-0.05, 0) is 30.7 Å². The van der Waals surface area contributed by atoms with Crippen molar-refractivity contribution < 1.29 is 21.6 Å². The number of alkyl halides is 3. The molecule has 0 amide bonds. The second-order valence-electron chi connectivity index (χ2n) is 6.64. The van der Waals surface area contributed by atoms with E-state index in [1.807, 2.05) is 0 Å². The molecule has 1 N–H and O–H groups in total. The van der Waals surface area contributed by atoms with Gasteiger partial charge in [0.1, 0.15) is 5.82 Å². The van der Waals surface area contributed by atoms with Gasteiger partial charge in [-0.3, -0.25) is 4.72 Å². The summed E-state index contributed by atoms with van der Waals surface area (Å²) in [4.78, 5) is 4.47. The normalized spacial score (nSPS) is 12.2. The van der Waals surface area contributed by atoms with Crippen molar-refractivity contribution in [1.29, 1.82) is 0 Å². The molecule has 0 aliphatic rings. The largest absolute Gasteiger partial charge is 0.416 e. The third-order valence-corrected chi connectivity index (χ3v) is 5.72. The first kappa shape index (κ1) is 20.9. The van der Waals surface area contributed by atoms with Crippen molar-refractivity contribution in [3.8, 4) is 22.6 Å². The fourth-order valence-corrected chi connectivity index (χ4v) is 4.08. The van der Waals surface area contributed by atoms with E-state index in [1.54, 1.807) is 55.1 Å². The van der Waals surface area contributed by atoms with E-state index in [1.165, 1.54) is 6.07 Å². The molecule has 0 fully saturated rings. The zero-order valence-electron chi connectivity index (χ0n) is 15.9. The molecule has 0 atom stereocenters. The molecule has 9 heteroatoms. The van der Waals surface area contributed by atoms with Gasteiger partial charge in [0.15, 0.2) is 0 Å². The predicted molar refractivity (Wildman–Crippen MR) is 107 cm³/mol. The molecule has 3 rings (SSSR count). The lowest BCUT2D eigenvalue weighted by Crippen LogP contribution is -2.16. The Morgan fingerprint density at radius 2 is 1.76 bits per heavy atom. The molecule has 0 unspecified atom stereocenters. The Labute approximate surface area is 167 Å². The fraction of sp³-hybridized carbons (Fsp3) is 0.250. The first-order valence-corrected chi connectivity index (χ1v) is 10.6. The lowest BCUT2D eigenvalue weighted by molar-refractivity contribution is -0.137. The van der Waals surface area contributed by atoms with Crippen molar-refractivity contribution in [3.63, 3.8) is 0 Å². The SMILES string of the molecule is CCCS(=O)(=O)Nc1cccc(-c2nc(-c3cccc(C(F)(F)F)c3)cn2C)c1. The van der Waals surface area contributed by atoms with Crippen molar-refractivity contribution in [2.75, 3.05) is 10.5 Å². The Hall–Kier alpha value is -2.81. The minimum absolute atomic E-state index is 0.0132. The van der Waals surface area contributed by atoms with Gasteiger partial charge >= 0.3 is 6.18 Å². The number of nitrogens with one attached hydrogen (secondary N) is 1. The highest BCUT2D eigenvalue weighted by Gasteiger charge is 2.30. The molecule has 5 nitrogen and oxygen atoms in total. The Balaban J connectivity index is 1.95. The highest BCUT2D eigenvalue weighted by molar-refractivity contribution is 7.92. The second-order valence-corrected chi connectivity index (χ2v) is 8.48. The van der Waals surface area contributed by atoms with E-state index >= 15 is 0 Å². The summed E-state index contributed by atoms with van der Waals surface area (Å²) in [7, 11) is -1.70. The number of aromatic nitrogens is 2. The lowest BCUT2D eigenvalue weighted by atomic mass is 10.1. The van der Waals surface area contributed by atoms with Gasteiger partial charge in [0.2, 0.25) is 10.0 Å². The highest BCUT2D eigenvalue weighted by Crippen LogP contribution is 2.33. The summed E-state index contributed by atoms with van der Waals surface area (Å²) in [6.45, 7) is 1.78. The highest BCUT2D eigenvalue weighted by atomic mass is 32.2. The molecule has 29 heavy (non-hydrogen) atoms. The van der Waals surface area contributed by atoms with E-state index < -0.39 is 21.8 Å². The van der Waals surface area contributed by atoms with Crippen LogP contribution in [0.3, 0.4) is 0 Å². The third-order valence-electron chi connectivity index (χ3n) is 4.23. The molecule has 0 aliphatic heterocycles. The topological polar surface area (TPSA) is 64.0 Å². The van der Waals surface area contributed by atoms with Crippen LogP contribution in [-0.4, -0.2) is 23.7 Å². The lowest BCUT2D eigenvalue weighted by Gasteiger charge is -2.09. The van der Waals surface area contributed by atoms with Crippen molar-refractivity contribution >= 4 is 15.7 Å². The molecule has 0 saturated carbocycles. The molecular weight excluding hydrogens is 403 g/mol. The maximum absolute atomic E-state index is 13.0. The summed E-state index contributed by atoms with van der Waals surface area (Å²) in [5.41, 5.74) is 1.04. The maximum Gasteiger partial charge on any atom is 0.416 e. The summed E-state index contributed by atoms with van der Waals surface area (Å²) in [6.07, 6.45) is -2.30. The van der Waals surface area contributed by atoms with Crippen molar-refractivity contribution in [3.05, 3.63) is 60.3 Å². The molecule has 3 aromatic rings. The number of nitrogens with zero attached hydrogens (tertiary/aromatic N) is 2. The predicted octanol–water partition coefficient (Wildman–Crippen LogP) is 4.92. The van der Waals surface area contributed by atoms with Gasteiger partial charge < -0.3 is 4.57 Å². The van der Waals surface area contributed by atoms with Gasteiger partial charge in [0, 0.05) is 30.1 Å². The summed E-state index contributed by atoms with van der Waals surface area (Å²) in [5.74, 6) is 0.522. The summed E-state index contributed by atoms with van der Waals surface area (Å²) in [5, 5.41) is 0. The van der Waals surface area contributed by atoms with E-state index in [-0.39, 0.29) is 5.75 Å². The number of halogens is 3. The quantitative estimate of drug-likeness (QED) is 0.612. The molecule has 0 saturated heterocycles. The molecular formula is C20H20F3N3O2S. The first-order valence-electron chi connectivity index (χ1n) is 8.91. The molecule has 0 bridgehead atoms. The van der Waals surface area contributed by atoms with Gasteiger partial charge in [0.05, 0.1) is 17.0 Å². The number of imidazole rings is 1. The Morgan fingerprint density at radius 3 is 2.45 bits per heavy atom. The van der Waals surface area contributed by atoms with Crippen LogP contribution in [0.25, 0.3) is 22.6 Å². The molecule has 2 aromatic carbocycles.